The van der Waals surface area contributed by atoms with Crippen molar-refractivity contribution in [3.05, 3.63) is 34.6 Å². The third-order valence-corrected chi connectivity index (χ3v) is 3.90. The summed E-state index contributed by atoms with van der Waals surface area (Å²) in [6.45, 7) is 4.29. The van der Waals surface area contributed by atoms with E-state index in [1.165, 1.54) is 12.1 Å². The molecule has 1 aromatic rings. The van der Waals surface area contributed by atoms with Crippen molar-refractivity contribution in [3.63, 3.8) is 0 Å². The Morgan fingerprint density at radius 1 is 1.40 bits per heavy atom. The van der Waals surface area contributed by atoms with Crippen LogP contribution in [-0.4, -0.2) is 18.0 Å². The van der Waals surface area contributed by atoms with E-state index in [4.69, 9.17) is 17.3 Å². The second-order valence-electron chi connectivity index (χ2n) is 4.62. The van der Waals surface area contributed by atoms with E-state index in [9.17, 15) is 9.18 Å². The first-order chi connectivity index (χ1) is 8.98. The number of amides is 1. The maximum absolute atomic E-state index is 13.6. The molecular weight excluding hydrogens is 302 g/mol. The molecule has 3 N–H and O–H groups in total. The lowest BCUT2D eigenvalue weighted by Crippen LogP contribution is -2.53. The van der Waals surface area contributed by atoms with Crippen molar-refractivity contribution in [2.45, 2.75) is 38.6 Å². The van der Waals surface area contributed by atoms with Crippen LogP contribution in [0.5, 0.6) is 0 Å². The topological polar surface area (TPSA) is 55.1 Å². The Kier molecular flexibility index (Phi) is 8.09. The molecule has 1 aromatic carbocycles. The maximum atomic E-state index is 13.6. The summed E-state index contributed by atoms with van der Waals surface area (Å²) in [5.41, 5.74) is 5.52. The maximum Gasteiger partial charge on any atom is 0.225 e. The van der Waals surface area contributed by atoms with Gasteiger partial charge in [0.2, 0.25) is 5.91 Å². The first-order valence-electron chi connectivity index (χ1n) is 6.42. The van der Waals surface area contributed by atoms with Crippen molar-refractivity contribution in [3.8, 4) is 0 Å². The van der Waals surface area contributed by atoms with E-state index in [2.05, 4.69) is 5.32 Å². The normalized spacial score (nSPS) is 10.8. The van der Waals surface area contributed by atoms with E-state index in [0.29, 0.717) is 6.54 Å². The number of carbonyl (C=O) groups is 1. The highest BCUT2D eigenvalue weighted by Gasteiger charge is 2.26. The van der Waals surface area contributed by atoms with Gasteiger partial charge in [-0.25, -0.2) is 4.39 Å². The molecule has 0 aliphatic rings. The Bertz CT molecular complexity index is 422. The molecule has 20 heavy (non-hydrogen) atoms. The number of hydrogen-bond donors (Lipinski definition) is 2. The average molecular weight is 323 g/mol. The van der Waals surface area contributed by atoms with E-state index in [-0.39, 0.29) is 35.3 Å². The monoisotopic (exact) mass is 322 g/mol. The highest BCUT2D eigenvalue weighted by atomic mass is 35.5. The van der Waals surface area contributed by atoms with Crippen LogP contribution in [0, 0.1) is 5.82 Å². The van der Waals surface area contributed by atoms with Crippen LogP contribution in [0.2, 0.25) is 5.02 Å². The summed E-state index contributed by atoms with van der Waals surface area (Å²) in [6.07, 6.45) is 1.39. The highest BCUT2D eigenvalue weighted by Crippen LogP contribution is 2.20. The number of halogens is 3. The Balaban J connectivity index is 0.00000361. The van der Waals surface area contributed by atoms with Crippen molar-refractivity contribution in [2.24, 2.45) is 5.73 Å². The fraction of sp³-hybridized carbons (Fsp3) is 0.500. The number of carbonyl (C=O) groups excluding carboxylic acids is 1. The number of nitrogens with one attached hydrogen (secondary N) is 1. The van der Waals surface area contributed by atoms with Crippen LogP contribution in [0.25, 0.3) is 0 Å². The molecule has 1 rings (SSSR count). The summed E-state index contributed by atoms with van der Waals surface area (Å²) in [6, 6.07) is 4.38. The molecule has 0 saturated carbocycles. The standard InChI is InChI=1S/C14H20ClFN2O.ClH/c1-3-14(4-2,9-17)18-13(19)8-10-11(15)6-5-7-12(10)16;/h5-7H,3-4,8-9,17H2,1-2H3,(H,18,19);1H. The van der Waals surface area contributed by atoms with E-state index in [1.807, 2.05) is 13.8 Å². The van der Waals surface area contributed by atoms with Crippen molar-refractivity contribution in [1.29, 1.82) is 0 Å². The quantitative estimate of drug-likeness (QED) is 0.845. The minimum Gasteiger partial charge on any atom is -0.349 e. The van der Waals surface area contributed by atoms with Crippen LogP contribution in [0.3, 0.4) is 0 Å². The molecule has 0 spiro atoms. The molecule has 3 nitrogen and oxygen atoms in total. The Hall–Kier alpha value is -0.840. The molecule has 114 valence electrons. The summed E-state index contributed by atoms with van der Waals surface area (Å²) in [5, 5.41) is 3.16. The van der Waals surface area contributed by atoms with Gasteiger partial charge >= 0.3 is 0 Å². The van der Waals surface area contributed by atoms with Crippen LogP contribution in [-0.2, 0) is 11.2 Å². The Morgan fingerprint density at radius 2 is 2.00 bits per heavy atom. The van der Waals surface area contributed by atoms with E-state index in [0.717, 1.165) is 12.8 Å². The molecule has 6 heteroatoms. The van der Waals surface area contributed by atoms with Crippen molar-refractivity contribution in [1.82, 2.24) is 5.32 Å². The average Bonchev–Trinajstić information content (AvgIpc) is 2.41. The van der Waals surface area contributed by atoms with E-state index in [1.54, 1.807) is 6.07 Å². The molecule has 0 heterocycles. The number of rotatable bonds is 6. The predicted molar refractivity (Wildman–Crippen MR) is 82.9 cm³/mol. The second kappa shape index (κ2) is 8.45. The van der Waals surface area contributed by atoms with Gasteiger partial charge in [-0.1, -0.05) is 31.5 Å². The Labute approximate surface area is 130 Å². The minimum absolute atomic E-state index is 0. The van der Waals surface area contributed by atoms with Gasteiger partial charge < -0.3 is 11.1 Å². The smallest absolute Gasteiger partial charge is 0.225 e. The van der Waals surface area contributed by atoms with Gasteiger partial charge in [0.05, 0.1) is 12.0 Å². The second-order valence-corrected chi connectivity index (χ2v) is 5.02. The molecule has 0 aliphatic heterocycles. The van der Waals surface area contributed by atoms with Gasteiger partial charge in [0.1, 0.15) is 5.82 Å². The summed E-state index contributed by atoms with van der Waals surface area (Å²) in [5.74, 6) is -0.727. The van der Waals surface area contributed by atoms with Crippen LogP contribution < -0.4 is 11.1 Å². The predicted octanol–water partition coefficient (Wildman–Crippen LogP) is 3.08. The Morgan fingerprint density at radius 3 is 2.45 bits per heavy atom. The van der Waals surface area contributed by atoms with Gasteiger partial charge in [-0.2, -0.15) is 0 Å². The molecule has 0 aliphatic carbocycles. The minimum atomic E-state index is -0.464. The molecule has 0 saturated heterocycles. The van der Waals surface area contributed by atoms with Crippen molar-refractivity contribution in [2.75, 3.05) is 6.54 Å². The van der Waals surface area contributed by atoms with Crippen LogP contribution in [0.4, 0.5) is 4.39 Å². The number of benzene rings is 1. The lowest BCUT2D eigenvalue weighted by atomic mass is 9.92. The third-order valence-electron chi connectivity index (χ3n) is 3.55. The van der Waals surface area contributed by atoms with Crippen molar-refractivity contribution < 1.29 is 9.18 Å². The van der Waals surface area contributed by atoms with E-state index >= 15 is 0 Å². The molecular formula is C14H21Cl2FN2O. The summed E-state index contributed by atoms with van der Waals surface area (Å²) in [7, 11) is 0. The zero-order valence-corrected chi connectivity index (χ0v) is 13.3. The third kappa shape index (κ3) is 4.62. The fourth-order valence-corrected chi connectivity index (χ4v) is 2.20. The SMILES string of the molecule is CCC(CC)(CN)NC(=O)Cc1c(F)cccc1Cl.Cl. The number of hydrogen-bond acceptors (Lipinski definition) is 2. The van der Waals surface area contributed by atoms with Crippen molar-refractivity contribution >= 4 is 29.9 Å². The summed E-state index contributed by atoms with van der Waals surface area (Å²) < 4.78 is 13.6. The summed E-state index contributed by atoms with van der Waals surface area (Å²) >= 11 is 5.90. The number of nitrogens with two attached hydrogens (primary N) is 1. The zero-order chi connectivity index (χ0) is 14.5. The van der Waals surface area contributed by atoms with Gasteiger partial charge in [-0.05, 0) is 25.0 Å². The van der Waals surface area contributed by atoms with Gasteiger partial charge in [0, 0.05) is 17.1 Å². The van der Waals surface area contributed by atoms with Crippen LogP contribution in [0.1, 0.15) is 32.3 Å². The van der Waals surface area contributed by atoms with Gasteiger partial charge in [0.25, 0.3) is 0 Å². The van der Waals surface area contributed by atoms with Gasteiger partial charge in [0.15, 0.2) is 0 Å². The molecule has 0 radical (unpaired) electrons. The lowest BCUT2D eigenvalue weighted by molar-refractivity contribution is -0.122. The summed E-state index contributed by atoms with van der Waals surface area (Å²) in [4.78, 5) is 12.0. The van der Waals surface area contributed by atoms with Gasteiger partial charge in [-0.15, -0.1) is 12.4 Å². The van der Waals surface area contributed by atoms with Crippen LogP contribution >= 0.6 is 24.0 Å². The highest BCUT2D eigenvalue weighted by molar-refractivity contribution is 6.31. The first kappa shape index (κ1) is 19.2. The fourth-order valence-electron chi connectivity index (χ4n) is 1.97. The van der Waals surface area contributed by atoms with E-state index < -0.39 is 11.4 Å². The lowest BCUT2D eigenvalue weighted by Gasteiger charge is -2.31. The first-order valence-corrected chi connectivity index (χ1v) is 6.79. The largest absolute Gasteiger partial charge is 0.349 e. The molecule has 0 fully saturated rings. The van der Waals surface area contributed by atoms with Crippen LogP contribution in [0.15, 0.2) is 18.2 Å². The molecule has 0 atom stereocenters. The molecule has 0 unspecified atom stereocenters. The zero-order valence-electron chi connectivity index (χ0n) is 11.7. The molecule has 0 bridgehead atoms. The molecule has 1 amide bonds. The van der Waals surface area contributed by atoms with Gasteiger partial charge in [-0.3, -0.25) is 4.79 Å². The molecule has 0 aromatic heterocycles.